The molecule has 1 aromatic carbocycles. The summed E-state index contributed by atoms with van der Waals surface area (Å²) in [6, 6.07) is 5.24. The first kappa shape index (κ1) is 12.6. The highest BCUT2D eigenvalue weighted by molar-refractivity contribution is 5.66. The molecule has 1 aliphatic heterocycles. The monoisotopic (exact) mass is 251 g/mol. The fourth-order valence-electron chi connectivity index (χ4n) is 2.25. The van der Waals surface area contributed by atoms with E-state index >= 15 is 0 Å². The van der Waals surface area contributed by atoms with Gasteiger partial charge in [0.05, 0.1) is 12.0 Å². The van der Waals surface area contributed by atoms with Gasteiger partial charge in [-0.15, -0.1) is 0 Å². The van der Waals surface area contributed by atoms with Crippen molar-refractivity contribution in [2.75, 3.05) is 32.1 Å². The minimum absolute atomic E-state index is 0.132. The van der Waals surface area contributed by atoms with Crippen molar-refractivity contribution in [2.45, 2.75) is 12.5 Å². The normalized spacial score (nSPS) is 19.0. The summed E-state index contributed by atoms with van der Waals surface area (Å²) in [5, 5.41) is 14.2. The number of anilines is 1. The fourth-order valence-corrected chi connectivity index (χ4v) is 2.25. The smallest absolute Gasteiger partial charge is 0.292 e. The van der Waals surface area contributed by atoms with E-state index in [2.05, 4.69) is 5.32 Å². The largest absolute Gasteiger partial charge is 0.497 e. The third-order valence-electron chi connectivity index (χ3n) is 3.32. The second-order valence-electron chi connectivity index (χ2n) is 4.33. The Morgan fingerprint density at radius 3 is 2.89 bits per heavy atom. The predicted molar refractivity (Wildman–Crippen MR) is 69.3 cm³/mol. The number of ether oxygens (including phenoxy) is 1. The summed E-state index contributed by atoms with van der Waals surface area (Å²) in [5.74, 6) is 0.642. The molecule has 1 aromatic rings. The van der Waals surface area contributed by atoms with Crippen molar-refractivity contribution in [3.63, 3.8) is 0 Å². The first-order valence-corrected chi connectivity index (χ1v) is 5.90. The maximum atomic E-state index is 11.1. The zero-order chi connectivity index (χ0) is 13.1. The van der Waals surface area contributed by atoms with Crippen LogP contribution >= 0.6 is 0 Å². The lowest BCUT2D eigenvalue weighted by atomic mass is 10.2. The number of nitrogens with one attached hydrogen (secondary N) is 1. The molecule has 1 heterocycles. The van der Waals surface area contributed by atoms with Gasteiger partial charge in [0.15, 0.2) is 0 Å². The Hall–Kier alpha value is -1.82. The van der Waals surface area contributed by atoms with Gasteiger partial charge in [0.2, 0.25) is 0 Å². The van der Waals surface area contributed by atoms with Crippen molar-refractivity contribution >= 4 is 11.4 Å². The first-order valence-electron chi connectivity index (χ1n) is 5.90. The van der Waals surface area contributed by atoms with E-state index in [1.807, 2.05) is 11.9 Å². The Morgan fingerprint density at radius 2 is 2.33 bits per heavy atom. The van der Waals surface area contributed by atoms with E-state index in [4.69, 9.17) is 4.74 Å². The van der Waals surface area contributed by atoms with Gasteiger partial charge in [-0.3, -0.25) is 10.1 Å². The second kappa shape index (κ2) is 5.22. The highest BCUT2D eigenvalue weighted by Gasteiger charge is 2.27. The van der Waals surface area contributed by atoms with Crippen molar-refractivity contribution in [1.82, 2.24) is 5.32 Å². The van der Waals surface area contributed by atoms with Crippen LogP contribution in [-0.4, -0.2) is 38.2 Å². The van der Waals surface area contributed by atoms with Gasteiger partial charge in [-0.25, -0.2) is 0 Å². The highest BCUT2D eigenvalue weighted by Crippen LogP contribution is 2.33. The summed E-state index contributed by atoms with van der Waals surface area (Å²) >= 11 is 0. The van der Waals surface area contributed by atoms with Gasteiger partial charge in [-0.2, -0.15) is 0 Å². The van der Waals surface area contributed by atoms with Crippen LogP contribution in [0.3, 0.4) is 0 Å². The van der Waals surface area contributed by atoms with Crippen molar-refractivity contribution in [3.8, 4) is 5.75 Å². The average Bonchev–Trinajstić information content (AvgIpc) is 2.86. The van der Waals surface area contributed by atoms with Crippen LogP contribution < -0.4 is 15.0 Å². The molecule has 0 bridgehead atoms. The standard InChI is InChI=1S/C12H17N3O3/c1-13-9-5-6-14(8-9)12-7-10(18-2)3-4-11(12)15(16)17/h3-4,7,9,13H,5-6,8H2,1-2H3. The second-order valence-corrected chi connectivity index (χ2v) is 4.33. The van der Waals surface area contributed by atoms with Crippen LogP contribution in [0.4, 0.5) is 11.4 Å². The Kier molecular flexibility index (Phi) is 3.66. The lowest BCUT2D eigenvalue weighted by Gasteiger charge is -2.19. The van der Waals surface area contributed by atoms with Crippen LogP contribution in [0, 0.1) is 10.1 Å². The first-order chi connectivity index (χ1) is 8.65. The molecule has 0 aliphatic carbocycles. The number of hydrogen-bond donors (Lipinski definition) is 1. The maximum absolute atomic E-state index is 11.1. The third kappa shape index (κ3) is 2.38. The van der Waals surface area contributed by atoms with Gasteiger partial charge in [0.1, 0.15) is 11.4 Å². The van der Waals surface area contributed by atoms with Crippen LogP contribution in [0.15, 0.2) is 18.2 Å². The Labute approximate surface area is 106 Å². The van der Waals surface area contributed by atoms with Gasteiger partial charge < -0.3 is 15.0 Å². The zero-order valence-electron chi connectivity index (χ0n) is 10.5. The van der Waals surface area contributed by atoms with Gasteiger partial charge >= 0.3 is 0 Å². The van der Waals surface area contributed by atoms with E-state index < -0.39 is 0 Å². The van der Waals surface area contributed by atoms with E-state index in [0.29, 0.717) is 17.5 Å². The lowest BCUT2D eigenvalue weighted by molar-refractivity contribution is -0.384. The van der Waals surface area contributed by atoms with Gasteiger partial charge in [0.25, 0.3) is 5.69 Å². The number of rotatable bonds is 4. The highest BCUT2D eigenvalue weighted by atomic mass is 16.6. The third-order valence-corrected chi connectivity index (χ3v) is 3.32. The Balaban J connectivity index is 2.32. The van der Waals surface area contributed by atoms with E-state index in [0.717, 1.165) is 19.5 Å². The quantitative estimate of drug-likeness (QED) is 0.647. The van der Waals surface area contributed by atoms with Crippen LogP contribution in [0.25, 0.3) is 0 Å². The number of nitrogens with zero attached hydrogens (tertiary/aromatic N) is 2. The van der Waals surface area contributed by atoms with Crippen LogP contribution in [-0.2, 0) is 0 Å². The topological polar surface area (TPSA) is 67.6 Å². The molecule has 6 heteroatoms. The molecule has 1 fully saturated rings. The maximum Gasteiger partial charge on any atom is 0.292 e. The number of likely N-dealkylation sites (N-methyl/N-ethyl adjacent to an activating group) is 1. The zero-order valence-corrected chi connectivity index (χ0v) is 10.5. The van der Waals surface area contributed by atoms with Crippen molar-refractivity contribution in [1.29, 1.82) is 0 Å². The predicted octanol–water partition coefficient (Wildman–Crippen LogP) is 1.40. The molecule has 1 saturated heterocycles. The molecule has 2 rings (SSSR count). The number of nitro benzene ring substituents is 1. The van der Waals surface area contributed by atoms with Crippen molar-refractivity contribution < 1.29 is 9.66 Å². The molecule has 18 heavy (non-hydrogen) atoms. The molecule has 1 atom stereocenters. The van der Waals surface area contributed by atoms with Gasteiger partial charge in [-0.1, -0.05) is 0 Å². The molecule has 98 valence electrons. The molecule has 0 amide bonds. The minimum Gasteiger partial charge on any atom is -0.497 e. The van der Waals surface area contributed by atoms with Crippen molar-refractivity contribution in [2.24, 2.45) is 0 Å². The van der Waals surface area contributed by atoms with Crippen LogP contribution in [0.2, 0.25) is 0 Å². The molecule has 1 aliphatic rings. The molecule has 1 unspecified atom stereocenters. The van der Waals surface area contributed by atoms with Crippen LogP contribution in [0.5, 0.6) is 5.75 Å². The number of nitro groups is 1. The SMILES string of the molecule is CNC1CCN(c2cc(OC)ccc2[N+](=O)[O-])C1. The average molecular weight is 251 g/mol. The molecule has 6 nitrogen and oxygen atoms in total. The molecule has 0 saturated carbocycles. The Morgan fingerprint density at radius 1 is 1.56 bits per heavy atom. The summed E-state index contributed by atoms with van der Waals surface area (Å²) in [7, 11) is 3.47. The molecular formula is C12H17N3O3. The fraction of sp³-hybridized carbons (Fsp3) is 0.500. The summed E-state index contributed by atoms with van der Waals surface area (Å²) in [6.45, 7) is 1.60. The van der Waals surface area contributed by atoms with E-state index in [1.54, 1.807) is 19.2 Å². The molecule has 1 N–H and O–H groups in total. The summed E-state index contributed by atoms with van der Waals surface area (Å²) in [6.07, 6.45) is 0.991. The van der Waals surface area contributed by atoms with E-state index in [9.17, 15) is 10.1 Å². The number of hydrogen-bond acceptors (Lipinski definition) is 5. The van der Waals surface area contributed by atoms with Gasteiger partial charge in [-0.05, 0) is 19.5 Å². The van der Waals surface area contributed by atoms with Gasteiger partial charge in [0, 0.05) is 31.3 Å². The number of methoxy groups -OCH3 is 1. The number of benzene rings is 1. The minimum atomic E-state index is -0.346. The van der Waals surface area contributed by atoms with Crippen LogP contribution in [0.1, 0.15) is 6.42 Å². The van der Waals surface area contributed by atoms with Crippen molar-refractivity contribution in [3.05, 3.63) is 28.3 Å². The lowest BCUT2D eigenvalue weighted by Crippen LogP contribution is -2.29. The van der Waals surface area contributed by atoms with E-state index in [-0.39, 0.29) is 10.6 Å². The molecular weight excluding hydrogens is 234 g/mol. The summed E-state index contributed by atoms with van der Waals surface area (Å²) < 4.78 is 5.14. The molecule has 0 spiro atoms. The molecule has 0 aromatic heterocycles. The van der Waals surface area contributed by atoms with E-state index in [1.165, 1.54) is 6.07 Å². The molecule has 0 radical (unpaired) electrons. The summed E-state index contributed by atoms with van der Waals surface area (Å²) in [4.78, 5) is 12.7. The summed E-state index contributed by atoms with van der Waals surface area (Å²) in [5.41, 5.74) is 0.768. The Bertz CT molecular complexity index is 450.